The molecule has 3 aromatic carbocycles. The summed E-state index contributed by atoms with van der Waals surface area (Å²) in [5.74, 6) is -0.774. The number of nitriles is 1. The van der Waals surface area contributed by atoms with Gasteiger partial charge in [0.2, 0.25) is 0 Å². The van der Waals surface area contributed by atoms with Crippen molar-refractivity contribution in [1.82, 2.24) is 0 Å². The fraction of sp³-hybridized carbons (Fsp3) is 0. The quantitative estimate of drug-likeness (QED) is 0.624. The molecule has 26 heavy (non-hydrogen) atoms. The summed E-state index contributed by atoms with van der Waals surface area (Å²) >= 11 is 7.32. The van der Waals surface area contributed by atoms with E-state index in [4.69, 9.17) is 11.6 Å². The van der Waals surface area contributed by atoms with Crippen LogP contribution >= 0.6 is 23.4 Å². The fourth-order valence-corrected chi connectivity index (χ4v) is 3.22. The van der Waals surface area contributed by atoms with Crippen LogP contribution in [0.25, 0.3) is 0 Å². The third-order valence-corrected chi connectivity index (χ3v) is 4.84. The van der Waals surface area contributed by atoms with Crippen LogP contribution < -0.4 is 5.32 Å². The monoisotopic (exact) mass is 382 g/mol. The molecule has 0 aliphatic carbocycles. The number of carbonyl (C=O) groups is 1. The minimum atomic E-state index is -0.406. The van der Waals surface area contributed by atoms with Crippen molar-refractivity contribution in [3.8, 4) is 6.07 Å². The van der Waals surface area contributed by atoms with E-state index in [1.807, 2.05) is 12.1 Å². The highest BCUT2D eigenvalue weighted by molar-refractivity contribution is 7.99. The number of nitrogens with zero attached hydrogens (tertiary/aromatic N) is 1. The molecule has 0 heterocycles. The van der Waals surface area contributed by atoms with E-state index in [0.717, 1.165) is 9.79 Å². The van der Waals surface area contributed by atoms with Gasteiger partial charge in [-0.15, -0.1) is 0 Å². The Morgan fingerprint density at radius 3 is 2.38 bits per heavy atom. The number of halogens is 2. The molecule has 1 N–H and O–H groups in total. The zero-order chi connectivity index (χ0) is 18.5. The average Bonchev–Trinajstić information content (AvgIpc) is 2.65. The van der Waals surface area contributed by atoms with Crippen molar-refractivity contribution in [2.45, 2.75) is 9.79 Å². The van der Waals surface area contributed by atoms with Crippen LogP contribution in [-0.2, 0) is 0 Å². The maximum absolute atomic E-state index is 12.9. The van der Waals surface area contributed by atoms with Gasteiger partial charge in [-0.25, -0.2) is 4.39 Å². The predicted molar refractivity (Wildman–Crippen MR) is 101 cm³/mol. The Kier molecular flexibility index (Phi) is 5.57. The number of hydrogen-bond donors (Lipinski definition) is 1. The standard InChI is InChI=1S/C20H12ClFN2OS/c21-15-3-8-18(9-4-15)26-19-10-7-17(11-14(19)12-23)24-20(25)13-1-5-16(22)6-2-13/h1-11H,(H,24,25). The average molecular weight is 383 g/mol. The molecule has 0 aliphatic rings. The van der Waals surface area contributed by atoms with Gasteiger partial charge in [-0.2, -0.15) is 5.26 Å². The topological polar surface area (TPSA) is 52.9 Å². The molecule has 0 atom stereocenters. The predicted octanol–water partition coefficient (Wildman–Crippen LogP) is 5.75. The van der Waals surface area contributed by atoms with E-state index in [0.29, 0.717) is 21.8 Å². The van der Waals surface area contributed by atoms with Crippen molar-refractivity contribution >= 4 is 35.0 Å². The van der Waals surface area contributed by atoms with E-state index < -0.39 is 5.82 Å². The lowest BCUT2D eigenvalue weighted by Gasteiger charge is -2.09. The highest BCUT2D eigenvalue weighted by atomic mass is 35.5. The number of anilines is 1. The van der Waals surface area contributed by atoms with Crippen LogP contribution in [0.1, 0.15) is 15.9 Å². The molecule has 6 heteroatoms. The van der Waals surface area contributed by atoms with Crippen LogP contribution in [0.15, 0.2) is 76.5 Å². The molecular weight excluding hydrogens is 371 g/mol. The summed E-state index contributed by atoms with van der Waals surface area (Å²) in [5, 5.41) is 12.8. The number of carbonyl (C=O) groups excluding carboxylic acids is 1. The Balaban J connectivity index is 1.78. The Hall–Kier alpha value is -2.81. The Labute approximate surface area is 159 Å². The SMILES string of the molecule is N#Cc1cc(NC(=O)c2ccc(F)cc2)ccc1Sc1ccc(Cl)cc1. The second-order valence-electron chi connectivity index (χ2n) is 5.34. The lowest BCUT2D eigenvalue weighted by molar-refractivity contribution is 0.102. The highest BCUT2D eigenvalue weighted by Crippen LogP contribution is 2.32. The van der Waals surface area contributed by atoms with Crippen LogP contribution in [0.4, 0.5) is 10.1 Å². The third-order valence-electron chi connectivity index (χ3n) is 3.51. The minimum absolute atomic E-state index is 0.338. The number of amides is 1. The van der Waals surface area contributed by atoms with Crippen LogP contribution in [0.2, 0.25) is 5.02 Å². The summed E-state index contributed by atoms with van der Waals surface area (Å²) in [4.78, 5) is 13.9. The van der Waals surface area contributed by atoms with Crippen molar-refractivity contribution in [1.29, 1.82) is 5.26 Å². The molecule has 0 bridgehead atoms. The summed E-state index contributed by atoms with van der Waals surface area (Å²) < 4.78 is 12.9. The molecule has 3 aromatic rings. The second-order valence-corrected chi connectivity index (χ2v) is 6.89. The minimum Gasteiger partial charge on any atom is -0.322 e. The summed E-state index contributed by atoms with van der Waals surface area (Å²) in [5.41, 5.74) is 1.28. The van der Waals surface area contributed by atoms with Crippen LogP contribution in [-0.4, -0.2) is 5.91 Å². The lowest BCUT2D eigenvalue weighted by Crippen LogP contribution is -2.11. The maximum Gasteiger partial charge on any atom is 0.255 e. The molecule has 0 unspecified atom stereocenters. The first-order valence-corrected chi connectivity index (χ1v) is 8.79. The van der Waals surface area contributed by atoms with Gasteiger partial charge in [0.1, 0.15) is 11.9 Å². The van der Waals surface area contributed by atoms with Gasteiger partial charge in [0.25, 0.3) is 5.91 Å². The fourth-order valence-electron chi connectivity index (χ4n) is 2.22. The molecule has 0 radical (unpaired) electrons. The molecule has 128 valence electrons. The van der Waals surface area contributed by atoms with Gasteiger partial charge >= 0.3 is 0 Å². The number of benzene rings is 3. The Morgan fingerprint density at radius 1 is 1.04 bits per heavy atom. The van der Waals surface area contributed by atoms with Gasteiger partial charge in [-0.1, -0.05) is 23.4 Å². The summed E-state index contributed by atoms with van der Waals surface area (Å²) in [7, 11) is 0. The van der Waals surface area contributed by atoms with Crippen molar-refractivity contribution < 1.29 is 9.18 Å². The molecule has 0 saturated heterocycles. The van der Waals surface area contributed by atoms with Gasteiger partial charge in [0.15, 0.2) is 0 Å². The lowest BCUT2D eigenvalue weighted by atomic mass is 10.2. The van der Waals surface area contributed by atoms with Crippen molar-refractivity contribution in [2.75, 3.05) is 5.32 Å². The molecule has 0 saturated carbocycles. The van der Waals surface area contributed by atoms with Gasteiger partial charge in [-0.3, -0.25) is 4.79 Å². The first-order valence-electron chi connectivity index (χ1n) is 7.59. The zero-order valence-corrected chi connectivity index (χ0v) is 14.9. The van der Waals surface area contributed by atoms with Crippen molar-refractivity contribution in [2.24, 2.45) is 0 Å². The van der Waals surface area contributed by atoms with E-state index in [1.165, 1.54) is 36.0 Å². The first kappa shape index (κ1) is 18.0. The van der Waals surface area contributed by atoms with Crippen molar-refractivity contribution in [3.63, 3.8) is 0 Å². The van der Waals surface area contributed by atoms with Crippen LogP contribution in [0.3, 0.4) is 0 Å². The van der Waals surface area contributed by atoms with E-state index in [1.54, 1.807) is 30.3 Å². The van der Waals surface area contributed by atoms with Gasteiger partial charge in [-0.05, 0) is 66.7 Å². The van der Waals surface area contributed by atoms with E-state index in [9.17, 15) is 14.4 Å². The highest BCUT2D eigenvalue weighted by Gasteiger charge is 2.10. The number of nitrogens with one attached hydrogen (secondary N) is 1. The molecule has 0 aromatic heterocycles. The number of hydrogen-bond acceptors (Lipinski definition) is 3. The Morgan fingerprint density at radius 2 is 1.73 bits per heavy atom. The summed E-state index contributed by atoms with van der Waals surface area (Å²) in [6.45, 7) is 0. The molecular formula is C20H12ClFN2OS. The van der Waals surface area contributed by atoms with Gasteiger partial charge in [0.05, 0.1) is 5.56 Å². The molecule has 1 amide bonds. The molecule has 0 spiro atoms. The molecule has 0 fully saturated rings. The summed E-state index contributed by atoms with van der Waals surface area (Å²) in [6.07, 6.45) is 0. The van der Waals surface area contributed by atoms with Gasteiger partial charge < -0.3 is 5.32 Å². The normalized spacial score (nSPS) is 10.2. The summed E-state index contributed by atoms with van der Waals surface area (Å²) in [6, 6.07) is 19.8. The van der Waals surface area contributed by atoms with Crippen LogP contribution in [0, 0.1) is 17.1 Å². The largest absolute Gasteiger partial charge is 0.322 e. The van der Waals surface area contributed by atoms with E-state index >= 15 is 0 Å². The molecule has 3 rings (SSSR count). The smallest absolute Gasteiger partial charge is 0.255 e. The van der Waals surface area contributed by atoms with E-state index in [2.05, 4.69) is 11.4 Å². The number of rotatable bonds is 4. The molecule has 3 nitrogen and oxygen atoms in total. The van der Waals surface area contributed by atoms with E-state index in [-0.39, 0.29) is 5.91 Å². The third kappa shape index (κ3) is 4.42. The zero-order valence-electron chi connectivity index (χ0n) is 13.4. The Bertz CT molecular complexity index is 982. The molecule has 0 aliphatic heterocycles. The van der Waals surface area contributed by atoms with Crippen molar-refractivity contribution in [3.05, 3.63) is 88.7 Å². The second kappa shape index (κ2) is 8.05. The van der Waals surface area contributed by atoms with Gasteiger partial charge in [0, 0.05) is 26.1 Å². The van der Waals surface area contributed by atoms with Crippen LogP contribution in [0.5, 0.6) is 0 Å². The maximum atomic E-state index is 12.9. The first-order chi connectivity index (χ1) is 12.5.